The van der Waals surface area contributed by atoms with Crippen LogP contribution in [0.25, 0.3) is 6.08 Å². The van der Waals surface area contributed by atoms with Gasteiger partial charge in [-0.25, -0.2) is 4.68 Å². The Hall–Kier alpha value is -1.47. The number of tetrazole rings is 1. The van der Waals surface area contributed by atoms with Crippen LogP contribution in [0.3, 0.4) is 0 Å². The van der Waals surface area contributed by atoms with Gasteiger partial charge in [-0.1, -0.05) is 68.6 Å². The largest absolute Gasteiger partial charge is 0.370 e. The number of hydrogen-bond acceptors (Lipinski definition) is 4. The molecule has 1 aromatic heterocycles. The number of aromatic nitrogens is 4. The maximum atomic E-state index is 6.43. The predicted octanol–water partition coefficient (Wildman–Crippen LogP) is 4.36. The average molecular weight is 479 g/mol. The molecule has 1 N–H and O–H groups in total. The number of nitrogens with one attached hydrogen (secondary N) is 1. The molecule has 0 bridgehead atoms. The Balaban J connectivity index is 1.74. The highest BCUT2D eigenvalue weighted by Gasteiger charge is 2.49. The molecular weight excluding hydrogens is 445 g/mol. The molecule has 1 saturated carbocycles. The number of morpholine rings is 1. The first-order chi connectivity index (χ1) is 15.3. The highest BCUT2D eigenvalue weighted by Crippen LogP contribution is 2.38. The van der Waals surface area contributed by atoms with Crippen molar-refractivity contribution in [1.29, 1.82) is 0 Å². The van der Waals surface area contributed by atoms with E-state index in [1.807, 2.05) is 12.1 Å². The summed E-state index contributed by atoms with van der Waals surface area (Å²) in [6.45, 7) is 10.3. The second-order valence-electron chi connectivity index (χ2n) is 10.1. The van der Waals surface area contributed by atoms with E-state index in [4.69, 9.17) is 27.9 Å². The summed E-state index contributed by atoms with van der Waals surface area (Å²) in [6, 6.07) is 5.57. The van der Waals surface area contributed by atoms with Crippen molar-refractivity contribution >= 4 is 29.3 Å². The molecule has 4 rings (SSSR count). The molecule has 174 valence electrons. The van der Waals surface area contributed by atoms with Crippen LogP contribution in [0.2, 0.25) is 10.0 Å². The number of quaternary nitrogens is 1. The van der Waals surface area contributed by atoms with Crippen LogP contribution in [-0.4, -0.2) is 46.5 Å². The summed E-state index contributed by atoms with van der Waals surface area (Å²) in [6.07, 6.45) is 10.2. The molecule has 1 aliphatic carbocycles. The van der Waals surface area contributed by atoms with E-state index in [2.05, 4.69) is 53.1 Å². The van der Waals surface area contributed by atoms with Gasteiger partial charge in [0, 0.05) is 22.9 Å². The summed E-state index contributed by atoms with van der Waals surface area (Å²) in [5.41, 5.74) is 0.794. The molecule has 2 fully saturated rings. The lowest BCUT2D eigenvalue weighted by atomic mass is 9.78. The molecule has 2 aromatic rings. The van der Waals surface area contributed by atoms with Gasteiger partial charge in [0.1, 0.15) is 13.1 Å². The fourth-order valence-corrected chi connectivity index (χ4v) is 5.72. The average Bonchev–Trinajstić information content (AvgIpc) is 3.25. The Morgan fingerprint density at radius 1 is 1.12 bits per heavy atom. The Kier molecular flexibility index (Phi) is 7.25. The lowest BCUT2D eigenvalue weighted by Crippen LogP contribution is -3.20. The van der Waals surface area contributed by atoms with Crippen molar-refractivity contribution in [3.8, 4) is 0 Å². The van der Waals surface area contributed by atoms with Gasteiger partial charge in [-0.05, 0) is 46.4 Å². The molecule has 0 spiro atoms. The second-order valence-corrected chi connectivity index (χ2v) is 11.0. The van der Waals surface area contributed by atoms with Gasteiger partial charge in [0.15, 0.2) is 5.54 Å². The Bertz CT molecular complexity index is 940. The molecule has 0 amide bonds. The van der Waals surface area contributed by atoms with E-state index in [9.17, 15) is 0 Å². The lowest BCUT2D eigenvalue weighted by Gasteiger charge is -2.44. The Labute approximate surface area is 200 Å². The van der Waals surface area contributed by atoms with Crippen molar-refractivity contribution in [2.75, 3.05) is 26.3 Å². The van der Waals surface area contributed by atoms with Gasteiger partial charge in [-0.3, -0.25) is 0 Å². The summed E-state index contributed by atoms with van der Waals surface area (Å²) in [5, 5.41) is 14.7. The van der Waals surface area contributed by atoms with Crippen LogP contribution in [0.1, 0.15) is 70.3 Å². The van der Waals surface area contributed by atoms with E-state index in [1.165, 1.54) is 19.3 Å². The van der Waals surface area contributed by atoms with Gasteiger partial charge >= 0.3 is 0 Å². The topological polar surface area (TPSA) is 57.3 Å². The number of nitrogens with zero attached hydrogens (tertiary/aromatic N) is 4. The molecular formula is C24H34Cl2N5O+. The van der Waals surface area contributed by atoms with Gasteiger partial charge in [0.2, 0.25) is 5.82 Å². The standard InChI is InChI=1S/C24H33Cl2N5O/c1-23(2,3)21(10-8-18-7-9-19(25)17-20(18)26)31-22(27-28-29-31)24(11-5-4-6-12-24)30-13-15-32-16-14-30/h7-10,17,21H,4-6,11-16H2,1-3H3/p+1/b10-8+/t21-/m0/s1. The highest BCUT2D eigenvalue weighted by atomic mass is 35.5. The lowest BCUT2D eigenvalue weighted by molar-refractivity contribution is -0.970. The van der Waals surface area contributed by atoms with Crippen molar-refractivity contribution in [2.45, 2.75) is 64.5 Å². The normalized spacial score (nSPS) is 21.2. The fourth-order valence-electron chi connectivity index (χ4n) is 5.25. The van der Waals surface area contributed by atoms with E-state index in [-0.39, 0.29) is 17.0 Å². The fraction of sp³-hybridized carbons (Fsp3) is 0.625. The van der Waals surface area contributed by atoms with Crippen LogP contribution in [0.15, 0.2) is 24.3 Å². The van der Waals surface area contributed by atoms with Gasteiger partial charge in [0.05, 0.1) is 19.3 Å². The third kappa shape index (κ3) is 4.89. The molecule has 0 radical (unpaired) electrons. The van der Waals surface area contributed by atoms with E-state index in [1.54, 1.807) is 11.0 Å². The molecule has 0 unspecified atom stereocenters. The van der Waals surface area contributed by atoms with Gasteiger partial charge in [0.25, 0.3) is 0 Å². The van der Waals surface area contributed by atoms with Gasteiger partial charge < -0.3 is 9.64 Å². The van der Waals surface area contributed by atoms with Gasteiger partial charge in [-0.2, -0.15) is 0 Å². The molecule has 2 aliphatic rings. The molecule has 32 heavy (non-hydrogen) atoms. The van der Waals surface area contributed by atoms with E-state index in [0.717, 1.165) is 50.5 Å². The number of halogens is 2. The summed E-state index contributed by atoms with van der Waals surface area (Å²) in [7, 11) is 0. The number of rotatable bonds is 5. The Morgan fingerprint density at radius 2 is 1.84 bits per heavy atom. The smallest absolute Gasteiger partial charge is 0.213 e. The van der Waals surface area contributed by atoms with Crippen LogP contribution in [0.4, 0.5) is 0 Å². The summed E-state index contributed by atoms with van der Waals surface area (Å²) in [4.78, 5) is 1.57. The maximum absolute atomic E-state index is 6.43. The maximum Gasteiger partial charge on any atom is 0.213 e. The predicted molar refractivity (Wildman–Crippen MR) is 128 cm³/mol. The summed E-state index contributed by atoms with van der Waals surface area (Å²) < 4.78 is 7.76. The molecule has 1 aromatic carbocycles. The molecule has 6 nitrogen and oxygen atoms in total. The van der Waals surface area contributed by atoms with E-state index >= 15 is 0 Å². The molecule has 1 aliphatic heterocycles. The van der Waals surface area contributed by atoms with Crippen molar-refractivity contribution in [2.24, 2.45) is 5.41 Å². The zero-order chi connectivity index (χ0) is 22.8. The first-order valence-corrected chi connectivity index (χ1v) is 12.4. The SMILES string of the molecule is CC(C)(C)[C@H](/C=C/c1ccc(Cl)cc1Cl)n1nnnc1C1([NH+]2CCOCC2)CCCCC1. The first-order valence-electron chi connectivity index (χ1n) is 11.7. The van der Waals surface area contributed by atoms with E-state index in [0.29, 0.717) is 10.0 Å². The van der Waals surface area contributed by atoms with Crippen LogP contribution in [-0.2, 0) is 10.3 Å². The van der Waals surface area contributed by atoms with Crippen molar-refractivity contribution in [3.05, 3.63) is 45.7 Å². The number of allylic oxidation sites excluding steroid dienone is 1. The van der Waals surface area contributed by atoms with Crippen LogP contribution in [0, 0.1) is 5.41 Å². The third-order valence-electron chi connectivity index (χ3n) is 6.97. The van der Waals surface area contributed by atoms with Crippen molar-refractivity contribution < 1.29 is 9.64 Å². The van der Waals surface area contributed by atoms with Gasteiger partial charge in [-0.15, -0.1) is 5.10 Å². The minimum Gasteiger partial charge on any atom is -0.370 e. The minimum absolute atomic E-state index is 0.0153. The highest BCUT2D eigenvalue weighted by molar-refractivity contribution is 6.35. The van der Waals surface area contributed by atoms with Crippen molar-refractivity contribution in [1.82, 2.24) is 20.2 Å². The van der Waals surface area contributed by atoms with Crippen LogP contribution >= 0.6 is 23.2 Å². The zero-order valence-electron chi connectivity index (χ0n) is 19.3. The summed E-state index contributed by atoms with van der Waals surface area (Å²) >= 11 is 12.5. The molecule has 2 heterocycles. The second kappa shape index (κ2) is 9.80. The molecule has 1 saturated heterocycles. The van der Waals surface area contributed by atoms with E-state index < -0.39 is 0 Å². The first kappa shape index (κ1) is 23.7. The van der Waals surface area contributed by atoms with Crippen molar-refractivity contribution in [3.63, 3.8) is 0 Å². The number of ether oxygens (including phenoxy) is 1. The van der Waals surface area contributed by atoms with Crippen LogP contribution < -0.4 is 4.90 Å². The molecule has 8 heteroatoms. The molecule has 1 atom stereocenters. The monoisotopic (exact) mass is 478 g/mol. The third-order valence-corrected chi connectivity index (χ3v) is 7.53. The Morgan fingerprint density at radius 3 is 2.50 bits per heavy atom. The number of hydrogen-bond donors (Lipinski definition) is 1. The quantitative estimate of drug-likeness (QED) is 0.693. The van der Waals surface area contributed by atoms with Crippen LogP contribution in [0.5, 0.6) is 0 Å². The minimum atomic E-state index is -0.0876. The summed E-state index contributed by atoms with van der Waals surface area (Å²) in [5.74, 6) is 1.01. The number of benzene rings is 1. The zero-order valence-corrected chi connectivity index (χ0v) is 20.8.